The second-order valence-electron chi connectivity index (χ2n) is 3.61. The van der Waals surface area contributed by atoms with Crippen LogP contribution in [0.5, 0.6) is 0 Å². The van der Waals surface area contributed by atoms with Crippen LogP contribution in [0.1, 0.15) is 0 Å². The number of nitrogens with one attached hydrogen (secondary N) is 1. The van der Waals surface area contributed by atoms with Crippen molar-refractivity contribution in [2.24, 2.45) is 0 Å². The Hall–Kier alpha value is -2.56. The van der Waals surface area contributed by atoms with Gasteiger partial charge in [0.1, 0.15) is 12.1 Å². The maximum Gasteiger partial charge on any atom is 0.225 e. The molecule has 0 saturated heterocycles. The van der Waals surface area contributed by atoms with Gasteiger partial charge in [0.2, 0.25) is 5.89 Å². The van der Waals surface area contributed by atoms with E-state index in [1.54, 1.807) is 18.7 Å². The number of aromatic nitrogens is 3. The first-order valence-corrected chi connectivity index (χ1v) is 5.14. The molecular formula is C12H10N4O. The monoisotopic (exact) mass is 226 g/mol. The zero-order valence-corrected chi connectivity index (χ0v) is 8.92. The van der Waals surface area contributed by atoms with E-state index in [0.29, 0.717) is 11.7 Å². The fraction of sp³-hybridized carbons (Fsp3) is 0. The van der Waals surface area contributed by atoms with E-state index >= 15 is 0 Å². The van der Waals surface area contributed by atoms with E-state index in [1.165, 1.54) is 0 Å². The van der Waals surface area contributed by atoms with Gasteiger partial charge in [0.05, 0.1) is 12.4 Å². The second kappa shape index (κ2) is 3.79. The number of nitrogens with zero attached hydrogens (tertiary/aromatic N) is 2. The van der Waals surface area contributed by atoms with Crippen LogP contribution in [0, 0.1) is 0 Å². The summed E-state index contributed by atoms with van der Waals surface area (Å²) in [4.78, 5) is 4.09. The Kier molecular flexibility index (Phi) is 2.15. The number of anilines is 1. The van der Waals surface area contributed by atoms with Crippen molar-refractivity contribution in [1.29, 1.82) is 0 Å². The summed E-state index contributed by atoms with van der Waals surface area (Å²) < 4.78 is 5.22. The minimum Gasteiger partial charge on any atom is -0.445 e. The highest BCUT2D eigenvalue weighted by atomic mass is 16.3. The number of nitrogens with two attached hydrogens (primary N) is 1. The minimum absolute atomic E-state index is 0.564. The molecule has 0 spiro atoms. The van der Waals surface area contributed by atoms with Crippen LogP contribution < -0.4 is 5.73 Å². The predicted octanol–water partition coefficient (Wildman–Crippen LogP) is 2.31. The van der Waals surface area contributed by atoms with Gasteiger partial charge in [-0.15, -0.1) is 0 Å². The van der Waals surface area contributed by atoms with Crippen molar-refractivity contribution in [2.75, 3.05) is 5.73 Å². The van der Waals surface area contributed by atoms with Gasteiger partial charge in [0.25, 0.3) is 0 Å². The summed E-state index contributed by atoms with van der Waals surface area (Å²) >= 11 is 0. The molecule has 0 atom stereocenters. The van der Waals surface area contributed by atoms with Gasteiger partial charge in [-0.2, -0.15) is 5.10 Å². The maximum absolute atomic E-state index is 5.76. The van der Waals surface area contributed by atoms with Crippen LogP contribution in [0.15, 0.2) is 47.3 Å². The number of benzene rings is 1. The van der Waals surface area contributed by atoms with E-state index in [4.69, 9.17) is 10.2 Å². The number of nitrogen functional groups attached to an aromatic ring is 1. The molecule has 17 heavy (non-hydrogen) atoms. The van der Waals surface area contributed by atoms with Gasteiger partial charge < -0.3 is 10.2 Å². The Balaban J connectivity index is 1.99. The fourth-order valence-corrected chi connectivity index (χ4v) is 1.68. The Labute approximate surface area is 97.3 Å². The Morgan fingerprint density at radius 2 is 1.88 bits per heavy atom. The first kappa shape index (κ1) is 9.65. The number of hydrogen-bond acceptors (Lipinski definition) is 4. The van der Waals surface area contributed by atoms with Gasteiger partial charge in [0, 0.05) is 11.1 Å². The molecule has 0 aliphatic heterocycles. The quantitative estimate of drug-likeness (QED) is 0.702. The first-order chi connectivity index (χ1) is 8.34. The number of oxazole rings is 1. The molecular weight excluding hydrogens is 216 g/mol. The number of aromatic amines is 1. The van der Waals surface area contributed by atoms with E-state index in [-0.39, 0.29) is 0 Å². The van der Waals surface area contributed by atoms with Crippen LogP contribution in [0.25, 0.3) is 22.6 Å². The zero-order chi connectivity index (χ0) is 11.7. The molecule has 3 aromatic rings. The largest absolute Gasteiger partial charge is 0.445 e. The van der Waals surface area contributed by atoms with Gasteiger partial charge in [-0.25, -0.2) is 4.98 Å². The van der Waals surface area contributed by atoms with Gasteiger partial charge in [-0.1, -0.05) is 12.1 Å². The molecule has 3 rings (SSSR count). The average Bonchev–Trinajstić information content (AvgIpc) is 3.00. The molecule has 0 aliphatic rings. The summed E-state index contributed by atoms with van der Waals surface area (Å²) in [6, 6.07) is 7.79. The highest BCUT2D eigenvalue weighted by Crippen LogP contribution is 2.26. The minimum atomic E-state index is 0.564. The number of H-pyrrole nitrogens is 1. The molecule has 0 radical (unpaired) electrons. The zero-order valence-electron chi connectivity index (χ0n) is 8.92. The summed E-state index contributed by atoms with van der Waals surface area (Å²) in [7, 11) is 0. The third kappa shape index (κ3) is 1.67. The van der Waals surface area contributed by atoms with E-state index < -0.39 is 0 Å². The SMILES string of the molecule is Nc1[nH]ncc1-c1ccc(-c2ncco2)cc1. The van der Waals surface area contributed by atoms with Gasteiger partial charge >= 0.3 is 0 Å². The second-order valence-corrected chi connectivity index (χ2v) is 3.61. The standard InChI is InChI=1S/C12H10N4O/c13-11-10(7-15-16-11)8-1-3-9(4-2-8)12-14-5-6-17-12/h1-7H,(H3,13,15,16). The molecule has 0 saturated carbocycles. The Bertz CT molecular complexity index is 610. The smallest absolute Gasteiger partial charge is 0.225 e. The molecule has 2 aromatic heterocycles. The van der Waals surface area contributed by atoms with Crippen molar-refractivity contribution in [3.63, 3.8) is 0 Å². The third-order valence-electron chi connectivity index (χ3n) is 2.54. The van der Waals surface area contributed by atoms with Gasteiger partial charge in [-0.05, 0) is 17.7 Å². The summed E-state index contributed by atoms with van der Waals surface area (Å²) in [5.41, 5.74) is 8.59. The molecule has 0 amide bonds. The van der Waals surface area contributed by atoms with Crippen molar-refractivity contribution < 1.29 is 4.42 Å². The lowest BCUT2D eigenvalue weighted by molar-refractivity contribution is 0.574. The number of hydrogen-bond donors (Lipinski definition) is 2. The van der Waals surface area contributed by atoms with E-state index in [1.807, 2.05) is 24.3 Å². The Morgan fingerprint density at radius 3 is 2.47 bits per heavy atom. The van der Waals surface area contributed by atoms with Crippen molar-refractivity contribution in [2.45, 2.75) is 0 Å². The average molecular weight is 226 g/mol. The molecule has 3 N–H and O–H groups in total. The number of rotatable bonds is 2. The lowest BCUT2D eigenvalue weighted by atomic mass is 10.1. The molecule has 84 valence electrons. The maximum atomic E-state index is 5.76. The van der Waals surface area contributed by atoms with Crippen LogP contribution >= 0.6 is 0 Å². The van der Waals surface area contributed by atoms with Gasteiger partial charge in [-0.3, -0.25) is 5.10 Å². The van der Waals surface area contributed by atoms with E-state index in [0.717, 1.165) is 16.7 Å². The topological polar surface area (TPSA) is 80.7 Å². The highest BCUT2D eigenvalue weighted by Gasteiger charge is 2.06. The Morgan fingerprint density at radius 1 is 1.12 bits per heavy atom. The van der Waals surface area contributed by atoms with Crippen molar-refractivity contribution >= 4 is 5.82 Å². The summed E-state index contributed by atoms with van der Waals surface area (Å²) in [6.45, 7) is 0. The summed E-state index contributed by atoms with van der Waals surface area (Å²) in [5.74, 6) is 1.17. The first-order valence-electron chi connectivity index (χ1n) is 5.14. The molecule has 1 aromatic carbocycles. The van der Waals surface area contributed by atoms with E-state index in [9.17, 15) is 0 Å². The molecule has 5 nitrogen and oxygen atoms in total. The highest BCUT2D eigenvalue weighted by molar-refractivity contribution is 5.74. The molecule has 0 bridgehead atoms. The van der Waals surface area contributed by atoms with Crippen LogP contribution in [0.2, 0.25) is 0 Å². The molecule has 2 heterocycles. The lowest BCUT2D eigenvalue weighted by Gasteiger charge is -2.00. The van der Waals surface area contributed by atoms with Crippen LogP contribution in [-0.4, -0.2) is 15.2 Å². The molecule has 0 unspecified atom stereocenters. The third-order valence-corrected chi connectivity index (χ3v) is 2.54. The predicted molar refractivity (Wildman–Crippen MR) is 63.9 cm³/mol. The van der Waals surface area contributed by atoms with Crippen molar-refractivity contribution in [3.05, 3.63) is 42.9 Å². The van der Waals surface area contributed by atoms with Crippen LogP contribution in [0.3, 0.4) is 0 Å². The molecule has 5 heteroatoms. The summed E-state index contributed by atoms with van der Waals surface area (Å²) in [5, 5.41) is 6.60. The summed E-state index contributed by atoms with van der Waals surface area (Å²) in [6.07, 6.45) is 4.88. The van der Waals surface area contributed by atoms with Crippen molar-refractivity contribution in [1.82, 2.24) is 15.2 Å². The van der Waals surface area contributed by atoms with Crippen molar-refractivity contribution in [3.8, 4) is 22.6 Å². The van der Waals surface area contributed by atoms with Crippen LogP contribution in [-0.2, 0) is 0 Å². The van der Waals surface area contributed by atoms with E-state index in [2.05, 4.69) is 15.2 Å². The normalized spacial score (nSPS) is 10.6. The lowest BCUT2D eigenvalue weighted by Crippen LogP contribution is -1.87. The van der Waals surface area contributed by atoms with Gasteiger partial charge in [0.15, 0.2) is 0 Å². The molecule has 0 aliphatic carbocycles. The fourth-order valence-electron chi connectivity index (χ4n) is 1.68. The molecule has 0 fully saturated rings. The van der Waals surface area contributed by atoms with Crippen LogP contribution in [0.4, 0.5) is 5.82 Å².